The molecule has 0 bridgehead atoms. The quantitative estimate of drug-likeness (QED) is 0.111. The predicted octanol–water partition coefficient (Wildman–Crippen LogP) is 12.6. The van der Waals surface area contributed by atoms with Crippen LogP contribution in [0.4, 0.5) is 5.69 Å². The van der Waals surface area contributed by atoms with Crippen LogP contribution in [-0.2, 0) is 32.9 Å². The average Bonchev–Trinajstić information content (AvgIpc) is 3.44. The zero-order valence-corrected chi connectivity index (χ0v) is 35.1. The minimum absolute atomic E-state index is 0. The molecule has 1 unspecified atom stereocenters. The van der Waals surface area contributed by atoms with Crippen LogP contribution in [0.5, 0.6) is 0 Å². The Kier molecular flexibility index (Phi) is 17.6. The Labute approximate surface area is 320 Å². The van der Waals surface area contributed by atoms with Gasteiger partial charge in [-0.25, -0.2) is 4.98 Å². The molecule has 6 aromatic rings. The van der Waals surface area contributed by atoms with Crippen LogP contribution in [0.3, 0.4) is 0 Å². The van der Waals surface area contributed by atoms with Crippen LogP contribution < -0.4 is 0 Å². The van der Waals surface area contributed by atoms with Gasteiger partial charge in [0.15, 0.2) is 0 Å². The van der Waals surface area contributed by atoms with E-state index in [2.05, 4.69) is 171 Å². The molecule has 0 radical (unpaired) electrons. The van der Waals surface area contributed by atoms with Gasteiger partial charge < -0.3 is 27.9 Å². The van der Waals surface area contributed by atoms with Crippen LogP contribution in [0.25, 0.3) is 49.2 Å². The second-order valence-electron chi connectivity index (χ2n) is 12.6. The SMILES string of the molecule is CC(C)c1cccc(C(C)C)c1[N-]C(c1ccccc1)c1nc(-c2cccc3ccccc23)c(-c2ccccc2)n1C.C[N-]C.C[N-]C.[CH3-].[Hf]. The molecule has 262 valence electrons. The van der Waals surface area contributed by atoms with Crippen molar-refractivity contribution in [1.82, 2.24) is 9.55 Å². The molecule has 5 aromatic carbocycles. The Morgan fingerprint density at radius 1 is 0.600 bits per heavy atom. The summed E-state index contributed by atoms with van der Waals surface area (Å²) < 4.78 is 2.26. The zero-order chi connectivity index (χ0) is 34.6. The van der Waals surface area contributed by atoms with E-state index in [-0.39, 0.29) is 39.3 Å². The van der Waals surface area contributed by atoms with E-state index in [1.807, 2.05) is 0 Å². The fourth-order valence-corrected chi connectivity index (χ4v) is 6.01. The van der Waals surface area contributed by atoms with Crippen molar-refractivity contribution >= 4 is 16.5 Å². The van der Waals surface area contributed by atoms with E-state index in [1.54, 1.807) is 28.2 Å². The molecule has 1 heterocycles. The molecule has 0 spiro atoms. The van der Waals surface area contributed by atoms with Gasteiger partial charge in [0.05, 0.1) is 17.2 Å². The Balaban J connectivity index is 0.00000101. The number of imidazole rings is 1. The van der Waals surface area contributed by atoms with E-state index >= 15 is 0 Å². The van der Waals surface area contributed by atoms with Crippen molar-refractivity contribution in [3.05, 3.63) is 167 Å². The van der Waals surface area contributed by atoms with E-state index in [0.717, 1.165) is 39.6 Å². The maximum atomic E-state index is 5.62. The summed E-state index contributed by atoms with van der Waals surface area (Å²) in [4.78, 5) is 5.50. The molecule has 5 nitrogen and oxygen atoms in total. The van der Waals surface area contributed by atoms with Crippen molar-refractivity contribution < 1.29 is 25.8 Å². The number of rotatable bonds is 8. The molecule has 6 rings (SSSR count). The topological polar surface area (TPSA) is 60.1 Å². The first kappa shape index (κ1) is 42.3. The second kappa shape index (κ2) is 20.7. The molecule has 1 aromatic heterocycles. The van der Waals surface area contributed by atoms with Crippen LogP contribution in [0.1, 0.15) is 68.1 Å². The number of fused-ring (bicyclic) bond motifs is 1. The van der Waals surface area contributed by atoms with Gasteiger partial charge in [-0.2, -0.15) is 28.2 Å². The zero-order valence-electron chi connectivity index (χ0n) is 31.5. The molecule has 50 heavy (non-hydrogen) atoms. The molecule has 1 atom stereocenters. The summed E-state index contributed by atoms with van der Waals surface area (Å²) in [6, 6.07) is 42.7. The largest absolute Gasteiger partial charge is 0.671 e. The van der Waals surface area contributed by atoms with Gasteiger partial charge in [-0.05, 0) is 28.7 Å². The van der Waals surface area contributed by atoms with Crippen molar-refractivity contribution in [3.8, 4) is 22.5 Å². The fourth-order valence-electron chi connectivity index (χ4n) is 6.01. The molecule has 0 fully saturated rings. The third-order valence-electron chi connectivity index (χ3n) is 8.18. The third-order valence-corrected chi connectivity index (χ3v) is 8.18. The summed E-state index contributed by atoms with van der Waals surface area (Å²) in [5.41, 5.74) is 9.11. The van der Waals surface area contributed by atoms with Crippen molar-refractivity contribution in [1.29, 1.82) is 0 Å². The minimum Gasteiger partial charge on any atom is -0.671 e. The number of nitrogens with zero attached hydrogens (tertiary/aromatic N) is 5. The van der Waals surface area contributed by atoms with Crippen LogP contribution in [0, 0.1) is 7.43 Å². The predicted molar refractivity (Wildman–Crippen MR) is 214 cm³/mol. The van der Waals surface area contributed by atoms with Crippen LogP contribution in [-0.4, -0.2) is 37.7 Å². The summed E-state index contributed by atoms with van der Waals surface area (Å²) in [6.45, 7) is 9.01. The molecule has 0 aliphatic heterocycles. The molecule has 6 heteroatoms. The molecular formula is C44H53HfN5-4. The monoisotopic (exact) mass is 831 g/mol. The number of hydrogen-bond donors (Lipinski definition) is 0. The van der Waals surface area contributed by atoms with Gasteiger partial charge in [-0.3, -0.25) is 0 Å². The van der Waals surface area contributed by atoms with Gasteiger partial charge in [0, 0.05) is 44.0 Å². The summed E-state index contributed by atoms with van der Waals surface area (Å²) in [5, 5.41) is 15.0. The molecule has 0 saturated heterocycles. The second-order valence-corrected chi connectivity index (χ2v) is 12.6. The van der Waals surface area contributed by atoms with Gasteiger partial charge >= 0.3 is 0 Å². The standard InChI is InChI=1S/C39H38N3.2C2H6N.CH3.Hf/c1-26(2)31-23-15-24-32(27(3)4)36(31)40-35(29-17-8-6-9-18-29)39-41-37(38(42(39)5)30-19-10-7-11-20-30)34-25-14-21-28-16-12-13-22-33(28)34;2*1-3-2;;/h6-27,35H,1-5H3;2*1-2H3;1H3;/q4*-1;. The van der Waals surface area contributed by atoms with Gasteiger partial charge in [0.25, 0.3) is 0 Å². The smallest absolute Gasteiger partial charge is 0.0989 e. The summed E-state index contributed by atoms with van der Waals surface area (Å²) in [6.07, 6.45) is 0. The molecule has 0 amide bonds. The summed E-state index contributed by atoms with van der Waals surface area (Å²) in [7, 11) is 9.14. The molecule has 0 N–H and O–H groups in total. The van der Waals surface area contributed by atoms with Crippen molar-refractivity contribution in [2.24, 2.45) is 7.05 Å². The molecule has 0 aliphatic rings. The normalized spacial score (nSPS) is 11.0. The van der Waals surface area contributed by atoms with Crippen LogP contribution in [0.15, 0.2) is 121 Å². The van der Waals surface area contributed by atoms with Gasteiger partial charge in [0.1, 0.15) is 0 Å². The Hall–Kier alpha value is -3.84. The maximum Gasteiger partial charge on any atom is 0.0989 e. The number of para-hydroxylation sites is 1. The van der Waals surface area contributed by atoms with Crippen molar-refractivity contribution in [2.45, 2.75) is 45.6 Å². The Bertz CT molecular complexity index is 1830. The number of benzene rings is 5. The van der Waals surface area contributed by atoms with Gasteiger partial charge in [-0.15, -0.1) is 5.69 Å². The molecular weight excluding hydrogens is 777 g/mol. The first-order valence-corrected chi connectivity index (χ1v) is 16.7. The average molecular weight is 830 g/mol. The fraction of sp³-hybridized carbons (Fsp3) is 0.273. The van der Waals surface area contributed by atoms with Crippen LogP contribution >= 0.6 is 0 Å². The summed E-state index contributed by atoms with van der Waals surface area (Å²) in [5.74, 6) is 1.63. The molecule has 0 aliphatic carbocycles. The summed E-state index contributed by atoms with van der Waals surface area (Å²) >= 11 is 0. The van der Waals surface area contributed by atoms with E-state index in [4.69, 9.17) is 10.3 Å². The Morgan fingerprint density at radius 3 is 1.64 bits per heavy atom. The van der Waals surface area contributed by atoms with E-state index in [9.17, 15) is 0 Å². The van der Waals surface area contributed by atoms with Crippen molar-refractivity contribution in [3.63, 3.8) is 0 Å². The Morgan fingerprint density at radius 2 is 1.08 bits per heavy atom. The third kappa shape index (κ3) is 9.90. The maximum absolute atomic E-state index is 5.62. The van der Waals surface area contributed by atoms with E-state index < -0.39 is 0 Å². The van der Waals surface area contributed by atoms with E-state index in [0.29, 0.717) is 11.8 Å². The first-order chi connectivity index (χ1) is 23.3. The van der Waals surface area contributed by atoms with E-state index in [1.165, 1.54) is 21.9 Å². The van der Waals surface area contributed by atoms with Crippen molar-refractivity contribution in [2.75, 3.05) is 28.2 Å². The number of aromatic nitrogens is 2. The minimum atomic E-state index is -0.278. The first-order valence-electron chi connectivity index (χ1n) is 16.7. The van der Waals surface area contributed by atoms with Gasteiger partial charge in [0.2, 0.25) is 0 Å². The van der Waals surface area contributed by atoms with Crippen LogP contribution in [0.2, 0.25) is 0 Å². The number of hydrogen-bond acceptors (Lipinski definition) is 1. The molecule has 0 saturated carbocycles. The van der Waals surface area contributed by atoms with Gasteiger partial charge in [-0.1, -0.05) is 166 Å².